The Morgan fingerprint density at radius 3 is 2.71 bits per heavy atom. The fraction of sp³-hybridized carbons (Fsp3) is 0.389. The summed E-state index contributed by atoms with van der Waals surface area (Å²) in [4.78, 5) is 4.12. The molecule has 2 rings (SSSR count). The lowest BCUT2D eigenvalue weighted by Gasteiger charge is -2.14. The highest BCUT2D eigenvalue weighted by Crippen LogP contribution is 2.33. The summed E-state index contributed by atoms with van der Waals surface area (Å²) in [6.45, 7) is 4.73. The Hall–Kier alpha value is -1.79. The van der Waals surface area contributed by atoms with Crippen molar-refractivity contribution in [3.8, 4) is 17.4 Å². The molecular formula is C18H23BrN2O3. The number of ether oxygens (including phenoxy) is 3. The molecule has 5 nitrogen and oxygen atoms in total. The number of pyridine rings is 1. The molecule has 6 heteroatoms. The van der Waals surface area contributed by atoms with Gasteiger partial charge in [-0.3, -0.25) is 0 Å². The maximum Gasteiger partial charge on any atom is 0.213 e. The lowest BCUT2D eigenvalue weighted by atomic mass is 10.2. The van der Waals surface area contributed by atoms with Crippen LogP contribution in [-0.2, 0) is 6.54 Å². The van der Waals surface area contributed by atoms with E-state index in [1.165, 1.54) is 0 Å². The number of hydrogen-bond donors (Lipinski definition) is 1. The third-order valence-corrected chi connectivity index (χ3v) is 4.01. The zero-order valence-corrected chi connectivity index (χ0v) is 15.6. The first kappa shape index (κ1) is 18.5. The average Bonchev–Trinajstić information content (AvgIpc) is 2.61. The van der Waals surface area contributed by atoms with Gasteiger partial charge in [-0.25, -0.2) is 4.98 Å². The molecule has 130 valence electrons. The molecule has 0 bridgehead atoms. The van der Waals surface area contributed by atoms with Crippen LogP contribution in [-0.4, -0.2) is 31.9 Å². The van der Waals surface area contributed by atoms with Crippen LogP contribution >= 0.6 is 15.9 Å². The Labute approximate surface area is 151 Å². The number of benzene rings is 1. The summed E-state index contributed by atoms with van der Waals surface area (Å²) >= 11 is 3.59. The SMILES string of the molecule is CCCOc1cc(Br)c(CNCCOc2ccccn2)cc1OC. The van der Waals surface area contributed by atoms with E-state index in [-0.39, 0.29) is 0 Å². The highest BCUT2D eigenvalue weighted by atomic mass is 79.9. The van der Waals surface area contributed by atoms with E-state index in [0.717, 1.165) is 34.5 Å². The average molecular weight is 395 g/mol. The van der Waals surface area contributed by atoms with Gasteiger partial charge in [-0.15, -0.1) is 0 Å². The third kappa shape index (κ3) is 5.69. The van der Waals surface area contributed by atoms with Gasteiger partial charge < -0.3 is 19.5 Å². The standard InChI is InChI=1S/C18H23BrN2O3/c1-3-9-23-17-12-15(19)14(11-16(17)22-2)13-20-8-10-24-18-6-4-5-7-21-18/h4-7,11-12,20H,3,8-10,13H2,1-2H3. The number of methoxy groups -OCH3 is 1. The molecule has 1 N–H and O–H groups in total. The van der Waals surface area contributed by atoms with E-state index in [1.54, 1.807) is 13.3 Å². The number of halogens is 1. The van der Waals surface area contributed by atoms with Crippen LogP contribution in [0.5, 0.6) is 17.4 Å². The van der Waals surface area contributed by atoms with E-state index < -0.39 is 0 Å². The largest absolute Gasteiger partial charge is 0.493 e. The van der Waals surface area contributed by atoms with Gasteiger partial charge in [0.15, 0.2) is 11.5 Å². The molecular weight excluding hydrogens is 372 g/mol. The number of nitrogens with one attached hydrogen (secondary N) is 1. The molecule has 0 atom stereocenters. The normalized spacial score (nSPS) is 10.5. The van der Waals surface area contributed by atoms with Crippen molar-refractivity contribution < 1.29 is 14.2 Å². The second-order valence-corrected chi connectivity index (χ2v) is 5.99. The molecule has 2 aromatic rings. The van der Waals surface area contributed by atoms with Crippen molar-refractivity contribution in [2.24, 2.45) is 0 Å². The van der Waals surface area contributed by atoms with Crippen LogP contribution in [0.25, 0.3) is 0 Å². The van der Waals surface area contributed by atoms with Gasteiger partial charge in [-0.1, -0.05) is 28.9 Å². The van der Waals surface area contributed by atoms with Crippen molar-refractivity contribution in [1.82, 2.24) is 10.3 Å². The molecule has 0 aliphatic heterocycles. The van der Waals surface area contributed by atoms with Crippen LogP contribution in [0.15, 0.2) is 41.0 Å². The monoisotopic (exact) mass is 394 g/mol. The van der Waals surface area contributed by atoms with E-state index in [4.69, 9.17) is 14.2 Å². The van der Waals surface area contributed by atoms with E-state index in [1.807, 2.05) is 30.3 Å². The molecule has 0 saturated heterocycles. The first-order valence-electron chi connectivity index (χ1n) is 7.98. The van der Waals surface area contributed by atoms with Gasteiger partial charge in [0.1, 0.15) is 6.61 Å². The molecule has 1 aromatic heterocycles. The maximum absolute atomic E-state index is 5.70. The fourth-order valence-corrected chi connectivity index (χ4v) is 2.54. The van der Waals surface area contributed by atoms with Gasteiger partial charge in [0.05, 0.1) is 13.7 Å². The van der Waals surface area contributed by atoms with Crippen molar-refractivity contribution in [2.45, 2.75) is 19.9 Å². The van der Waals surface area contributed by atoms with Crippen LogP contribution in [0.1, 0.15) is 18.9 Å². The van der Waals surface area contributed by atoms with E-state index in [9.17, 15) is 0 Å². The Bertz CT molecular complexity index is 623. The smallest absolute Gasteiger partial charge is 0.213 e. The second-order valence-electron chi connectivity index (χ2n) is 5.14. The van der Waals surface area contributed by atoms with Crippen LogP contribution in [0.3, 0.4) is 0 Å². The van der Waals surface area contributed by atoms with Gasteiger partial charge in [0.2, 0.25) is 5.88 Å². The summed E-state index contributed by atoms with van der Waals surface area (Å²) in [7, 11) is 1.65. The molecule has 24 heavy (non-hydrogen) atoms. The quantitative estimate of drug-likeness (QED) is 0.620. The minimum absolute atomic E-state index is 0.559. The molecule has 0 amide bonds. The summed E-state index contributed by atoms with van der Waals surface area (Å²) in [5, 5.41) is 3.35. The lowest BCUT2D eigenvalue weighted by Crippen LogP contribution is -2.21. The Morgan fingerprint density at radius 1 is 1.12 bits per heavy atom. The molecule has 1 aromatic carbocycles. The van der Waals surface area contributed by atoms with Gasteiger partial charge in [0.25, 0.3) is 0 Å². The number of aromatic nitrogens is 1. The van der Waals surface area contributed by atoms with Crippen LogP contribution in [0, 0.1) is 0 Å². The fourth-order valence-electron chi connectivity index (χ4n) is 2.08. The van der Waals surface area contributed by atoms with E-state index in [0.29, 0.717) is 25.6 Å². The highest BCUT2D eigenvalue weighted by molar-refractivity contribution is 9.10. The van der Waals surface area contributed by atoms with Crippen LogP contribution < -0.4 is 19.5 Å². The van der Waals surface area contributed by atoms with Crippen molar-refractivity contribution in [1.29, 1.82) is 0 Å². The zero-order valence-electron chi connectivity index (χ0n) is 14.0. The minimum atomic E-state index is 0.559. The molecule has 0 saturated carbocycles. The van der Waals surface area contributed by atoms with Gasteiger partial charge in [0, 0.05) is 29.8 Å². The zero-order chi connectivity index (χ0) is 17.2. The van der Waals surface area contributed by atoms with E-state index >= 15 is 0 Å². The molecule has 0 unspecified atom stereocenters. The molecule has 0 spiro atoms. The Morgan fingerprint density at radius 2 is 2.00 bits per heavy atom. The number of rotatable bonds is 10. The maximum atomic E-state index is 5.70. The van der Waals surface area contributed by atoms with Crippen molar-refractivity contribution in [3.63, 3.8) is 0 Å². The summed E-state index contributed by atoms with van der Waals surface area (Å²) in [5.41, 5.74) is 1.11. The third-order valence-electron chi connectivity index (χ3n) is 3.28. The highest BCUT2D eigenvalue weighted by Gasteiger charge is 2.10. The predicted molar refractivity (Wildman–Crippen MR) is 97.9 cm³/mol. The molecule has 1 heterocycles. The summed E-state index contributed by atoms with van der Waals surface area (Å²) in [6.07, 6.45) is 2.68. The van der Waals surface area contributed by atoms with Gasteiger partial charge in [-0.05, 0) is 30.2 Å². The van der Waals surface area contributed by atoms with Gasteiger partial charge >= 0.3 is 0 Å². The number of nitrogens with zero attached hydrogens (tertiary/aromatic N) is 1. The summed E-state index contributed by atoms with van der Waals surface area (Å²) in [6, 6.07) is 9.55. The Balaban J connectivity index is 1.83. The predicted octanol–water partition coefficient (Wildman–Crippen LogP) is 3.81. The molecule has 0 fully saturated rings. The van der Waals surface area contributed by atoms with Crippen LogP contribution in [0.2, 0.25) is 0 Å². The van der Waals surface area contributed by atoms with Crippen molar-refractivity contribution >= 4 is 15.9 Å². The van der Waals surface area contributed by atoms with Crippen molar-refractivity contribution in [2.75, 3.05) is 26.9 Å². The van der Waals surface area contributed by atoms with E-state index in [2.05, 4.69) is 33.2 Å². The Kier molecular flexibility index (Phi) is 7.85. The first-order chi connectivity index (χ1) is 11.7. The topological polar surface area (TPSA) is 52.6 Å². The second kappa shape index (κ2) is 10.2. The molecule has 0 radical (unpaired) electrons. The first-order valence-corrected chi connectivity index (χ1v) is 8.77. The summed E-state index contributed by atoms with van der Waals surface area (Å²) in [5.74, 6) is 2.14. The minimum Gasteiger partial charge on any atom is -0.493 e. The summed E-state index contributed by atoms with van der Waals surface area (Å²) < 4.78 is 17.7. The molecule has 0 aliphatic rings. The molecule has 0 aliphatic carbocycles. The lowest BCUT2D eigenvalue weighted by molar-refractivity contribution is 0.293. The number of hydrogen-bond acceptors (Lipinski definition) is 5. The van der Waals surface area contributed by atoms with Crippen molar-refractivity contribution in [3.05, 3.63) is 46.6 Å². The van der Waals surface area contributed by atoms with Crippen LogP contribution in [0.4, 0.5) is 0 Å². The van der Waals surface area contributed by atoms with Gasteiger partial charge in [-0.2, -0.15) is 0 Å².